The van der Waals surface area contributed by atoms with Crippen LogP contribution in [0.4, 0.5) is 0 Å². The van der Waals surface area contributed by atoms with Crippen LogP contribution in [0, 0.1) is 5.92 Å². The Labute approximate surface area is 104 Å². The molecule has 1 heterocycles. The van der Waals surface area contributed by atoms with Crippen molar-refractivity contribution >= 4 is 5.91 Å². The number of carbonyl (C=O) groups is 1. The summed E-state index contributed by atoms with van der Waals surface area (Å²) < 4.78 is 5.47. The molecule has 1 aliphatic heterocycles. The summed E-state index contributed by atoms with van der Waals surface area (Å²) in [7, 11) is 0. The smallest absolute Gasteiger partial charge is 0.234 e. The molecule has 1 fully saturated rings. The molecular formula is C13H26N2O2. The minimum atomic E-state index is 0.0883. The summed E-state index contributed by atoms with van der Waals surface area (Å²) in [4.78, 5) is 11.7. The highest BCUT2D eigenvalue weighted by atomic mass is 16.5. The Morgan fingerprint density at radius 2 is 2.12 bits per heavy atom. The molecule has 1 rings (SSSR count). The third-order valence-corrected chi connectivity index (χ3v) is 3.43. The van der Waals surface area contributed by atoms with Crippen LogP contribution in [0.5, 0.6) is 0 Å². The van der Waals surface area contributed by atoms with Crippen LogP contribution in [0.1, 0.15) is 40.5 Å². The topological polar surface area (TPSA) is 50.4 Å². The maximum Gasteiger partial charge on any atom is 0.234 e. The van der Waals surface area contributed by atoms with Crippen molar-refractivity contribution < 1.29 is 9.53 Å². The average Bonchev–Trinajstić information content (AvgIpc) is 2.26. The van der Waals surface area contributed by atoms with Crippen LogP contribution >= 0.6 is 0 Å². The van der Waals surface area contributed by atoms with E-state index in [0.717, 1.165) is 19.4 Å². The SMILES string of the molecule is CC1CC(NCC(=O)NC(C)C(C)C)CCO1. The Bertz CT molecular complexity index is 244. The third-order valence-electron chi connectivity index (χ3n) is 3.43. The van der Waals surface area contributed by atoms with Crippen molar-refractivity contribution in [2.24, 2.45) is 5.92 Å². The van der Waals surface area contributed by atoms with E-state index < -0.39 is 0 Å². The van der Waals surface area contributed by atoms with Crippen molar-refractivity contribution in [1.82, 2.24) is 10.6 Å². The molecule has 100 valence electrons. The van der Waals surface area contributed by atoms with Gasteiger partial charge in [0.15, 0.2) is 0 Å². The second kappa shape index (κ2) is 6.97. The van der Waals surface area contributed by atoms with E-state index in [0.29, 0.717) is 24.6 Å². The maximum atomic E-state index is 11.7. The number of ether oxygens (including phenoxy) is 1. The van der Waals surface area contributed by atoms with E-state index in [4.69, 9.17) is 4.74 Å². The van der Waals surface area contributed by atoms with Gasteiger partial charge < -0.3 is 15.4 Å². The molecule has 0 bridgehead atoms. The van der Waals surface area contributed by atoms with Crippen molar-refractivity contribution in [3.8, 4) is 0 Å². The summed E-state index contributed by atoms with van der Waals surface area (Å²) in [6.45, 7) is 9.54. The molecule has 0 spiro atoms. The lowest BCUT2D eigenvalue weighted by molar-refractivity contribution is -0.121. The lowest BCUT2D eigenvalue weighted by Crippen LogP contribution is -2.46. The number of carbonyl (C=O) groups excluding carboxylic acids is 1. The van der Waals surface area contributed by atoms with Crippen molar-refractivity contribution in [1.29, 1.82) is 0 Å². The molecule has 2 N–H and O–H groups in total. The second-order valence-corrected chi connectivity index (χ2v) is 5.38. The molecule has 0 aromatic rings. The summed E-state index contributed by atoms with van der Waals surface area (Å²) in [5, 5.41) is 6.30. The summed E-state index contributed by atoms with van der Waals surface area (Å²) in [5.41, 5.74) is 0. The van der Waals surface area contributed by atoms with E-state index in [9.17, 15) is 4.79 Å². The van der Waals surface area contributed by atoms with Gasteiger partial charge in [0.1, 0.15) is 0 Å². The standard InChI is InChI=1S/C13H26N2O2/c1-9(2)11(4)15-13(16)8-14-12-5-6-17-10(3)7-12/h9-12,14H,5-8H2,1-4H3,(H,15,16). The number of nitrogens with one attached hydrogen (secondary N) is 2. The van der Waals surface area contributed by atoms with Crippen LogP contribution in [-0.4, -0.2) is 37.2 Å². The fraction of sp³-hybridized carbons (Fsp3) is 0.923. The highest BCUT2D eigenvalue weighted by Crippen LogP contribution is 2.12. The molecule has 0 aromatic heterocycles. The number of rotatable bonds is 5. The van der Waals surface area contributed by atoms with Crippen LogP contribution in [-0.2, 0) is 9.53 Å². The monoisotopic (exact) mass is 242 g/mol. The van der Waals surface area contributed by atoms with Gasteiger partial charge in [-0.3, -0.25) is 4.79 Å². The van der Waals surface area contributed by atoms with Gasteiger partial charge in [-0.2, -0.15) is 0 Å². The van der Waals surface area contributed by atoms with Crippen molar-refractivity contribution in [2.75, 3.05) is 13.2 Å². The van der Waals surface area contributed by atoms with Gasteiger partial charge in [-0.1, -0.05) is 13.8 Å². The van der Waals surface area contributed by atoms with Crippen molar-refractivity contribution in [3.05, 3.63) is 0 Å². The number of amides is 1. The van der Waals surface area contributed by atoms with Gasteiger partial charge in [0.2, 0.25) is 5.91 Å². The molecule has 17 heavy (non-hydrogen) atoms. The number of hydrogen-bond donors (Lipinski definition) is 2. The van der Waals surface area contributed by atoms with Crippen LogP contribution in [0.25, 0.3) is 0 Å². The van der Waals surface area contributed by atoms with Gasteiger partial charge in [-0.05, 0) is 32.6 Å². The molecule has 4 nitrogen and oxygen atoms in total. The zero-order valence-electron chi connectivity index (χ0n) is 11.5. The summed E-state index contributed by atoms with van der Waals surface area (Å²) >= 11 is 0. The van der Waals surface area contributed by atoms with Crippen LogP contribution < -0.4 is 10.6 Å². The maximum absolute atomic E-state index is 11.7. The molecule has 3 unspecified atom stereocenters. The van der Waals surface area contributed by atoms with Gasteiger partial charge in [-0.15, -0.1) is 0 Å². The minimum Gasteiger partial charge on any atom is -0.378 e. The van der Waals surface area contributed by atoms with Gasteiger partial charge in [0, 0.05) is 18.7 Å². The second-order valence-electron chi connectivity index (χ2n) is 5.38. The first kappa shape index (κ1) is 14.5. The zero-order chi connectivity index (χ0) is 12.8. The summed E-state index contributed by atoms with van der Waals surface area (Å²) in [6, 6.07) is 0.650. The first-order valence-corrected chi connectivity index (χ1v) is 6.63. The van der Waals surface area contributed by atoms with E-state index in [2.05, 4.69) is 31.4 Å². The average molecular weight is 242 g/mol. The van der Waals surface area contributed by atoms with E-state index in [1.165, 1.54) is 0 Å². The molecule has 1 amide bonds. The Morgan fingerprint density at radius 3 is 2.71 bits per heavy atom. The zero-order valence-corrected chi connectivity index (χ0v) is 11.5. The third kappa shape index (κ3) is 5.50. The van der Waals surface area contributed by atoms with E-state index in [-0.39, 0.29) is 11.9 Å². The summed E-state index contributed by atoms with van der Waals surface area (Å²) in [6.07, 6.45) is 2.29. The summed E-state index contributed by atoms with van der Waals surface area (Å²) in [5.74, 6) is 0.562. The van der Waals surface area contributed by atoms with Crippen LogP contribution in [0.15, 0.2) is 0 Å². The normalized spacial score (nSPS) is 26.9. The molecular weight excluding hydrogens is 216 g/mol. The molecule has 1 saturated heterocycles. The van der Waals surface area contributed by atoms with Gasteiger partial charge in [0.25, 0.3) is 0 Å². The molecule has 0 radical (unpaired) electrons. The fourth-order valence-corrected chi connectivity index (χ4v) is 1.89. The van der Waals surface area contributed by atoms with E-state index in [1.54, 1.807) is 0 Å². The van der Waals surface area contributed by atoms with Crippen molar-refractivity contribution in [2.45, 2.75) is 58.7 Å². The molecule has 0 saturated carbocycles. The number of hydrogen-bond acceptors (Lipinski definition) is 3. The first-order valence-electron chi connectivity index (χ1n) is 6.63. The molecule has 1 aliphatic rings. The molecule has 3 atom stereocenters. The quantitative estimate of drug-likeness (QED) is 0.764. The van der Waals surface area contributed by atoms with E-state index >= 15 is 0 Å². The Balaban J connectivity index is 2.19. The van der Waals surface area contributed by atoms with Crippen LogP contribution in [0.2, 0.25) is 0 Å². The Morgan fingerprint density at radius 1 is 1.41 bits per heavy atom. The van der Waals surface area contributed by atoms with E-state index in [1.807, 2.05) is 6.92 Å². The highest BCUT2D eigenvalue weighted by Gasteiger charge is 2.19. The minimum absolute atomic E-state index is 0.0883. The predicted octanol–water partition coefficient (Wildman–Crippen LogP) is 1.30. The fourth-order valence-electron chi connectivity index (χ4n) is 1.89. The molecule has 0 aliphatic carbocycles. The lowest BCUT2D eigenvalue weighted by Gasteiger charge is -2.28. The Kier molecular flexibility index (Phi) is 5.92. The largest absolute Gasteiger partial charge is 0.378 e. The van der Waals surface area contributed by atoms with Crippen molar-refractivity contribution in [3.63, 3.8) is 0 Å². The first-order chi connectivity index (χ1) is 7.99. The Hall–Kier alpha value is -0.610. The van der Waals surface area contributed by atoms with Crippen LogP contribution in [0.3, 0.4) is 0 Å². The molecule has 0 aromatic carbocycles. The van der Waals surface area contributed by atoms with Gasteiger partial charge in [0.05, 0.1) is 12.6 Å². The predicted molar refractivity (Wildman–Crippen MR) is 68.9 cm³/mol. The lowest BCUT2D eigenvalue weighted by atomic mass is 10.0. The molecule has 4 heteroatoms. The van der Waals surface area contributed by atoms with Gasteiger partial charge in [-0.25, -0.2) is 0 Å². The van der Waals surface area contributed by atoms with Gasteiger partial charge >= 0.3 is 0 Å². The highest BCUT2D eigenvalue weighted by molar-refractivity contribution is 5.78.